The lowest BCUT2D eigenvalue weighted by molar-refractivity contribution is -0.145. The van der Waals surface area contributed by atoms with Gasteiger partial charge in [0.2, 0.25) is 0 Å². The standard InChI is InChI=1S/C28H30F9NO2/c1-3-5-23(21-15-19(27(32,33)34)10-11-22(21)28(35,36)37)38-13-12-17(20(4-2)25(39)40)14-24(38)16-6-8-18(9-7-16)26(29,30)31/h6-11,15,17,20,23-24H,3-5,12-14H2,1-2H3,(H,39,40). The molecule has 0 radical (unpaired) electrons. The van der Waals surface area contributed by atoms with E-state index in [1.54, 1.807) is 18.7 Å². The second-order valence-corrected chi connectivity index (χ2v) is 10.1. The number of halogens is 9. The first-order valence-electron chi connectivity index (χ1n) is 12.9. The van der Waals surface area contributed by atoms with E-state index in [1.165, 1.54) is 12.1 Å². The maximum Gasteiger partial charge on any atom is 0.416 e. The summed E-state index contributed by atoms with van der Waals surface area (Å²) in [5, 5.41) is 9.71. The predicted molar refractivity (Wildman–Crippen MR) is 129 cm³/mol. The van der Waals surface area contributed by atoms with Gasteiger partial charge in [-0.1, -0.05) is 32.4 Å². The lowest BCUT2D eigenvalue weighted by Crippen LogP contribution is -2.42. The van der Waals surface area contributed by atoms with Crippen molar-refractivity contribution in [3.05, 3.63) is 70.3 Å². The Morgan fingerprint density at radius 2 is 1.48 bits per heavy atom. The normalized spacial score (nSPS) is 20.8. The monoisotopic (exact) mass is 583 g/mol. The van der Waals surface area contributed by atoms with Crippen LogP contribution in [0.2, 0.25) is 0 Å². The Balaban J connectivity index is 2.17. The van der Waals surface area contributed by atoms with E-state index >= 15 is 0 Å². The van der Waals surface area contributed by atoms with E-state index in [9.17, 15) is 49.4 Å². The molecule has 222 valence electrons. The number of carbonyl (C=O) groups is 1. The minimum absolute atomic E-state index is 0.0440. The van der Waals surface area contributed by atoms with Gasteiger partial charge in [0.15, 0.2) is 0 Å². The molecule has 4 atom stereocenters. The molecule has 0 spiro atoms. The van der Waals surface area contributed by atoms with Gasteiger partial charge in [-0.3, -0.25) is 9.69 Å². The topological polar surface area (TPSA) is 40.5 Å². The number of alkyl halides is 9. The van der Waals surface area contributed by atoms with Crippen LogP contribution in [0.5, 0.6) is 0 Å². The van der Waals surface area contributed by atoms with Crippen LogP contribution in [0.4, 0.5) is 39.5 Å². The number of piperidine rings is 1. The van der Waals surface area contributed by atoms with Gasteiger partial charge in [0.25, 0.3) is 0 Å². The van der Waals surface area contributed by atoms with Crippen LogP contribution in [0.1, 0.15) is 85.9 Å². The van der Waals surface area contributed by atoms with Crippen molar-refractivity contribution in [2.24, 2.45) is 11.8 Å². The summed E-state index contributed by atoms with van der Waals surface area (Å²) in [5.74, 6) is -2.28. The number of likely N-dealkylation sites (tertiary alicyclic amines) is 1. The third-order valence-electron chi connectivity index (χ3n) is 7.64. The summed E-state index contributed by atoms with van der Waals surface area (Å²) in [5.41, 5.74) is -3.64. The molecule has 0 aromatic heterocycles. The van der Waals surface area contributed by atoms with Gasteiger partial charge in [0, 0.05) is 12.1 Å². The van der Waals surface area contributed by atoms with Crippen molar-refractivity contribution in [3.8, 4) is 0 Å². The van der Waals surface area contributed by atoms with Crippen LogP contribution in [-0.4, -0.2) is 22.5 Å². The molecule has 1 heterocycles. The van der Waals surface area contributed by atoms with E-state index in [1.807, 2.05) is 0 Å². The first-order valence-corrected chi connectivity index (χ1v) is 12.9. The SMILES string of the molecule is CCCC(c1cc(C(F)(F)F)ccc1C(F)(F)F)N1CCC(C(CC)C(=O)O)CC1c1ccc(C(F)(F)F)cc1. The molecule has 2 aromatic carbocycles. The highest BCUT2D eigenvalue weighted by atomic mass is 19.4. The van der Waals surface area contributed by atoms with Crippen LogP contribution in [-0.2, 0) is 23.3 Å². The van der Waals surface area contributed by atoms with E-state index in [0.29, 0.717) is 30.2 Å². The zero-order chi connectivity index (χ0) is 30.0. The van der Waals surface area contributed by atoms with Crippen LogP contribution in [0.25, 0.3) is 0 Å². The molecular formula is C28H30F9NO2. The molecule has 2 aromatic rings. The van der Waals surface area contributed by atoms with Gasteiger partial charge in [0.1, 0.15) is 0 Å². The molecule has 0 aliphatic carbocycles. The van der Waals surface area contributed by atoms with Gasteiger partial charge in [-0.25, -0.2) is 0 Å². The molecule has 1 fully saturated rings. The molecule has 3 rings (SSSR count). The smallest absolute Gasteiger partial charge is 0.416 e. The molecule has 0 saturated carbocycles. The predicted octanol–water partition coefficient (Wildman–Crippen LogP) is 9.15. The highest BCUT2D eigenvalue weighted by Crippen LogP contribution is 2.47. The molecule has 1 aliphatic rings. The number of rotatable bonds is 8. The highest BCUT2D eigenvalue weighted by Gasteiger charge is 2.43. The largest absolute Gasteiger partial charge is 0.481 e. The lowest BCUT2D eigenvalue weighted by Gasteiger charge is -2.46. The fourth-order valence-electron chi connectivity index (χ4n) is 5.73. The quantitative estimate of drug-likeness (QED) is 0.315. The number of nitrogens with zero attached hydrogens (tertiary/aromatic N) is 1. The Kier molecular flexibility index (Phi) is 9.53. The Morgan fingerprint density at radius 1 is 0.900 bits per heavy atom. The Hall–Kier alpha value is -2.76. The van der Waals surface area contributed by atoms with E-state index in [-0.39, 0.29) is 32.2 Å². The second-order valence-electron chi connectivity index (χ2n) is 10.1. The third kappa shape index (κ3) is 7.11. The fourth-order valence-corrected chi connectivity index (χ4v) is 5.73. The van der Waals surface area contributed by atoms with Crippen molar-refractivity contribution in [2.75, 3.05) is 6.54 Å². The zero-order valence-corrected chi connectivity index (χ0v) is 21.8. The number of hydrogen-bond acceptors (Lipinski definition) is 2. The van der Waals surface area contributed by atoms with Gasteiger partial charge in [-0.05, 0) is 79.6 Å². The van der Waals surface area contributed by atoms with Crippen molar-refractivity contribution >= 4 is 5.97 Å². The van der Waals surface area contributed by atoms with Crippen LogP contribution in [0.3, 0.4) is 0 Å². The average molecular weight is 584 g/mol. The second kappa shape index (κ2) is 12.0. The van der Waals surface area contributed by atoms with Crippen molar-refractivity contribution < 1.29 is 49.4 Å². The highest BCUT2D eigenvalue weighted by molar-refractivity contribution is 5.70. The Morgan fingerprint density at radius 3 is 1.95 bits per heavy atom. The summed E-state index contributed by atoms with van der Waals surface area (Å²) in [7, 11) is 0. The van der Waals surface area contributed by atoms with Crippen LogP contribution >= 0.6 is 0 Å². The van der Waals surface area contributed by atoms with Gasteiger partial charge in [0.05, 0.1) is 22.6 Å². The number of aliphatic carboxylic acids is 1. The molecule has 1 aliphatic heterocycles. The Bertz CT molecular complexity index is 1160. The molecule has 1 saturated heterocycles. The van der Waals surface area contributed by atoms with Crippen LogP contribution < -0.4 is 0 Å². The number of hydrogen-bond donors (Lipinski definition) is 1. The summed E-state index contributed by atoms with van der Waals surface area (Å²) < 4.78 is 123. The first-order chi connectivity index (χ1) is 18.5. The fraction of sp³-hybridized carbons (Fsp3) is 0.536. The summed E-state index contributed by atoms with van der Waals surface area (Å²) in [6, 6.07) is 3.41. The summed E-state index contributed by atoms with van der Waals surface area (Å²) >= 11 is 0. The molecule has 12 heteroatoms. The zero-order valence-electron chi connectivity index (χ0n) is 21.8. The van der Waals surface area contributed by atoms with Crippen LogP contribution in [0, 0.1) is 11.8 Å². The number of carboxylic acids is 1. The summed E-state index contributed by atoms with van der Waals surface area (Å²) in [6.07, 6.45) is -13.5. The maximum atomic E-state index is 14.1. The number of benzene rings is 2. The maximum absolute atomic E-state index is 14.1. The van der Waals surface area contributed by atoms with Gasteiger partial charge < -0.3 is 5.11 Å². The van der Waals surface area contributed by atoms with Crippen molar-refractivity contribution in [3.63, 3.8) is 0 Å². The lowest BCUT2D eigenvalue weighted by atomic mass is 9.76. The van der Waals surface area contributed by atoms with Crippen LogP contribution in [0.15, 0.2) is 42.5 Å². The number of carboxylic acid groups (broad SMARTS) is 1. The molecule has 1 N–H and O–H groups in total. The average Bonchev–Trinajstić information content (AvgIpc) is 2.86. The minimum Gasteiger partial charge on any atom is -0.481 e. The Labute approximate surface area is 226 Å². The third-order valence-corrected chi connectivity index (χ3v) is 7.64. The van der Waals surface area contributed by atoms with Gasteiger partial charge in [-0.15, -0.1) is 0 Å². The molecule has 3 nitrogen and oxygen atoms in total. The van der Waals surface area contributed by atoms with E-state index < -0.39 is 70.7 Å². The van der Waals surface area contributed by atoms with Gasteiger partial charge >= 0.3 is 24.5 Å². The summed E-state index contributed by atoms with van der Waals surface area (Å²) in [4.78, 5) is 13.5. The molecule has 40 heavy (non-hydrogen) atoms. The molecule has 4 unspecified atom stereocenters. The van der Waals surface area contributed by atoms with E-state index in [2.05, 4.69) is 0 Å². The minimum atomic E-state index is -4.95. The molecular weight excluding hydrogens is 553 g/mol. The van der Waals surface area contributed by atoms with Crippen molar-refractivity contribution in [1.29, 1.82) is 0 Å². The van der Waals surface area contributed by atoms with Crippen molar-refractivity contribution in [2.45, 2.75) is 76.6 Å². The molecule has 0 bridgehead atoms. The first kappa shape index (κ1) is 31.8. The van der Waals surface area contributed by atoms with E-state index in [4.69, 9.17) is 0 Å². The van der Waals surface area contributed by atoms with Gasteiger partial charge in [-0.2, -0.15) is 39.5 Å². The summed E-state index contributed by atoms with van der Waals surface area (Å²) in [6.45, 7) is 3.40. The molecule has 0 amide bonds. The van der Waals surface area contributed by atoms with Crippen molar-refractivity contribution in [1.82, 2.24) is 4.90 Å². The van der Waals surface area contributed by atoms with E-state index in [0.717, 1.165) is 12.1 Å².